The first-order chi connectivity index (χ1) is 14.0. The van der Waals surface area contributed by atoms with E-state index in [9.17, 15) is 19.5 Å². The topological polar surface area (TPSA) is 105 Å². The normalized spacial score (nSPS) is 25.8. The number of carboxylic acid groups (broad SMARTS) is 1. The van der Waals surface area contributed by atoms with Crippen molar-refractivity contribution in [2.75, 3.05) is 19.1 Å². The van der Waals surface area contributed by atoms with E-state index in [2.05, 4.69) is 5.32 Å². The second-order valence-electron chi connectivity index (χ2n) is 6.97. The highest BCUT2D eigenvalue weighted by Gasteiger charge is 2.61. The minimum absolute atomic E-state index is 0.426. The Labute approximate surface area is 167 Å². The van der Waals surface area contributed by atoms with E-state index in [0.29, 0.717) is 22.7 Å². The van der Waals surface area contributed by atoms with Crippen molar-refractivity contribution in [3.8, 4) is 11.5 Å². The van der Waals surface area contributed by atoms with Crippen molar-refractivity contribution in [3.05, 3.63) is 54.1 Å². The van der Waals surface area contributed by atoms with E-state index in [0.717, 1.165) is 4.90 Å². The van der Waals surface area contributed by atoms with Crippen LogP contribution in [0.3, 0.4) is 0 Å². The number of amides is 2. The predicted molar refractivity (Wildman–Crippen MR) is 103 cm³/mol. The van der Waals surface area contributed by atoms with E-state index in [1.807, 2.05) is 0 Å². The quantitative estimate of drug-likeness (QED) is 0.740. The summed E-state index contributed by atoms with van der Waals surface area (Å²) >= 11 is 0. The zero-order valence-corrected chi connectivity index (χ0v) is 15.9. The van der Waals surface area contributed by atoms with Gasteiger partial charge in [-0.3, -0.25) is 19.7 Å². The first-order valence-electron chi connectivity index (χ1n) is 9.11. The minimum Gasteiger partial charge on any atom is -0.497 e. The van der Waals surface area contributed by atoms with Crippen LogP contribution in [0.5, 0.6) is 11.5 Å². The lowest BCUT2D eigenvalue weighted by molar-refractivity contribution is -0.142. The molecule has 0 aliphatic carbocycles. The van der Waals surface area contributed by atoms with Gasteiger partial charge in [0, 0.05) is 17.7 Å². The number of anilines is 1. The smallest absolute Gasteiger partial charge is 0.321 e. The van der Waals surface area contributed by atoms with E-state index < -0.39 is 41.7 Å². The fourth-order valence-corrected chi connectivity index (χ4v) is 4.23. The lowest BCUT2D eigenvalue weighted by Gasteiger charge is -2.23. The maximum Gasteiger partial charge on any atom is 0.321 e. The van der Waals surface area contributed by atoms with Crippen LogP contribution in [0.15, 0.2) is 48.5 Å². The molecule has 4 atom stereocenters. The first kappa shape index (κ1) is 18.9. The number of carboxylic acids is 1. The number of hydrogen-bond acceptors (Lipinski definition) is 6. The Morgan fingerprint density at radius 2 is 1.69 bits per heavy atom. The lowest BCUT2D eigenvalue weighted by atomic mass is 9.86. The molecule has 2 aliphatic heterocycles. The number of imide groups is 1. The van der Waals surface area contributed by atoms with Crippen LogP contribution in [0, 0.1) is 11.8 Å². The van der Waals surface area contributed by atoms with Gasteiger partial charge in [-0.15, -0.1) is 0 Å². The van der Waals surface area contributed by atoms with Crippen molar-refractivity contribution >= 4 is 23.5 Å². The number of fused-ring (bicyclic) bond motifs is 1. The molecule has 2 aromatic carbocycles. The molecule has 0 unspecified atom stereocenters. The Bertz CT molecular complexity index is 976. The third kappa shape index (κ3) is 2.92. The van der Waals surface area contributed by atoms with Gasteiger partial charge in [0.15, 0.2) is 0 Å². The van der Waals surface area contributed by atoms with E-state index in [1.54, 1.807) is 48.5 Å². The van der Waals surface area contributed by atoms with Gasteiger partial charge in [0.1, 0.15) is 17.5 Å². The number of nitrogens with one attached hydrogen (secondary N) is 1. The maximum atomic E-state index is 13.3. The maximum absolute atomic E-state index is 13.3. The van der Waals surface area contributed by atoms with Crippen LogP contribution < -0.4 is 19.7 Å². The van der Waals surface area contributed by atoms with Gasteiger partial charge in [0.25, 0.3) is 0 Å². The van der Waals surface area contributed by atoms with Crippen molar-refractivity contribution in [1.82, 2.24) is 5.32 Å². The molecule has 8 heteroatoms. The average molecular weight is 396 g/mol. The molecule has 0 bridgehead atoms. The van der Waals surface area contributed by atoms with E-state index in [4.69, 9.17) is 9.47 Å². The SMILES string of the molecule is COc1ccc([C@@H]2N[C@H](C(=O)O)[C@@H]3C(=O)N(c4ccccc4)C(=O)[C@H]32)c(OC)c1. The molecule has 29 heavy (non-hydrogen) atoms. The highest BCUT2D eigenvalue weighted by atomic mass is 16.5. The van der Waals surface area contributed by atoms with E-state index >= 15 is 0 Å². The van der Waals surface area contributed by atoms with Gasteiger partial charge < -0.3 is 14.6 Å². The molecule has 2 aliphatic rings. The van der Waals surface area contributed by atoms with Gasteiger partial charge in [-0.25, -0.2) is 4.90 Å². The molecule has 2 saturated heterocycles. The van der Waals surface area contributed by atoms with Crippen LogP contribution in [-0.2, 0) is 14.4 Å². The van der Waals surface area contributed by atoms with Gasteiger partial charge in [-0.1, -0.05) is 24.3 Å². The van der Waals surface area contributed by atoms with Crippen molar-refractivity contribution in [1.29, 1.82) is 0 Å². The summed E-state index contributed by atoms with van der Waals surface area (Å²) in [6, 6.07) is 11.8. The second-order valence-corrected chi connectivity index (χ2v) is 6.97. The fraction of sp³-hybridized carbons (Fsp3) is 0.286. The monoisotopic (exact) mass is 396 g/mol. The van der Waals surface area contributed by atoms with Crippen LogP contribution in [0.25, 0.3) is 0 Å². The highest BCUT2D eigenvalue weighted by molar-refractivity contribution is 6.23. The molecule has 4 rings (SSSR count). The molecule has 2 amide bonds. The van der Waals surface area contributed by atoms with Crippen molar-refractivity contribution < 1.29 is 29.0 Å². The standard InChI is InChI=1S/C21H20N2O6/c1-28-12-8-9-13(14(10-12)29-2)17-15-16(18(22-17)21(26)27)20(25)23(19(15)24)11-6-4-3-5-7-11/h3-10,15-18,22H,1-2H3,(H,26,27)/t15-,16-,17+,18+/m1/s1. The second kappa shape index (κ2) is 7.21. The molecule has 8 nitrogen and oxygen atoms in total. The molecular formula is C21H20N2O6. The van der Waals surface area contributed by atoms with Gasteiger partial charge in [0.05, 0.1) is 31.7 Å². The van der Waals surface area contributed by atoms with Crippen molar-refractivity contribution in [2.45, 2.75) is 12.1 Å². The molecule has 0 radical (unpaired) electrons. The fourth-order valence-electron chi connectivity index (χ4n) is 4.23. The summed E-state index contributed by atoms with van der Waals surface area (Å²) in [5.41, 5.74) is 1.03. The number of carbonyl (C=O) groups is 3. The number of para-hydroxylation sites is 1. The third-order valence-electron chi connectivity index (χ3n) is 5.53. The number of aliphatic carboxylic acids is 1. The largest absolute Gasteiger partial charge is 0.497 e. The number of methoxy groups -OCH3 is 2. The zero-order valence-electron chi connectivity index (χ0n) is 15.9. The molecule has 2 aromatic rings. The van der Waals surface area contributed by atoms with Crippen LogP contribution in [0.1, 0.15) is 11.6 Å². The van der Waals surface area contributed by atoms with Crippen molar-refractivity contribution in [2.24, 2.45) is 11.8 Å². The summed E-state index contributed by atoms with van der Waals surface area (Å²) in [6.07, 6.45) is 0. The lowest BCUT2D eigenvalue weighted by Crippen LogP contribution is -2.43. The Kier molecular flexibility index (Phi) is 4.71. The van der Waals surface area contributed by atoms with E-state index in [-0.39, 0.29) is 0 Å². The summed E-state index contributed by atoms with van der Waals surface area (Å²) in [5.74, 6) is -2.96. The number of hydrogen-bond donors (Lipinski definition) is 2. The molecule has 0 aromatic heterocycles. The van der Waals surface area contributed by atoms with Crippen LogP contribution >= 0.6 is 0 Å². The van der Waals surface area contributed by atoms with Crippen molar-refractivity contribution in [3.63, 3.8) is 0 Å². The van der Waals surface area contributed by atoms with Gasteiger partial charge in [0.2, 0.25) is 11.8 Å². The van der Waals surface area contributed by atoms with Crippen LogP contribution in [0.4, 0.5) is 5.69 Å². The first-order valence-corrected chi connectivity index (χ1v) is 9.11. The Balaban J connectivity index is 1.79. The molecule has 150 valence electrons. The molecule has 0 saturated carbocycles. The molecule has 2 fully saturated rings. The summed E-state index contributed by atoms with van der Waals surface area (Å²) in [4.78, 5) is 39.3. The van der Waals surface area contributed by atoms with E-state index in [1.165, 1.54) is 14.2 Å². The average Bonchev–Trinajstić information content (AvgIpc) is 3.25. The van der Waals surface area contributed by atoms with Gasteiger partial charge in [-0.05, 0) is 18.2 Å². The molecule has 2 N–H and O–H groups in total. The van der Waals surface area contributed by atoms with Gasteiger partial charge in [-0.2, -0.15) is 0 Å². The summed E-state index contributed by atoms with van der Waals surface area (Å²) in [7, 11) is 3.01. The molecular weight excluding hydrogens is 376 g/mol. The summed E-state index contributed by atoms with van der Waals surface area (Å²) < 4.78 is 10.7. The number of carbonyl (C=O) groups excluding carboxylic acids is 2. The van der Waals surface area contributed by atoms with Crippen LogP contribution in [0.2, 0.25) is 0 Å². The number of nitrogens with zero attached hydrogens (tertiary/aromatic N) is 1. The predicted octanol–water partition coefficient (Wildman–Crippen LogP) is 1.61. The van der Waals surface area contributed by atoms with Gasteiger partial charge >= 0.3 is 5.97 Å². The number of benzene rings is 2. The zero-order chi connectivity index (χ0) is 20.7. The Morgan fingerprint density at radius 1 is 1.00 bits per heavy atom. The number of rotatable bonds is 5. The van der Waals surface area contributed by atoms with Crippen LogP contribution in [-0.4, -0.2) is 43.2 Å². The number of ether oxygens (including phenoxy) is 2. The minimum atomic E-state index is -1.18. The molecule has 2 heterocycles. The third-order valence-corrected chi connectivity index (χ3v) is 5.53. The summed E-state index contributed by atoms with van der Waals surface area (Å²) in [6.45, 7) is 0. The highest BCUT2D eigenvalue weighted by Crippen LogP contribution is 2.47. The Morgan fingerprint density at radius 3 is 2.31 bits per heavy atom. The Hall–Kier alpha value is -3.39. The molecule has 0 spiro atoms. The summed E-state index contributed by atoms with van der Waals surface area (Å²) in [5, 5.41) is 12.7.